The van der Waals surface area contributed by atoms with Crippen molar-refractivity contribution in [1.82, 2.24) is 4.98 Å². The van der Waals surface area contributed by atoms with Gasteiger partial charge in [0.1, 0.15) is 17.3 Å². The summed E-state index contributed by atoms with van der Waals surface area (Å²) in [5.41, 5.74) is 1.32. The minimum absolute atomic E-state index is 0.0355. The highest BCUT2D eigenvalue weighted by Crippen LogP contribution is 2.45. The average molecular weight is 416 g/mol. The van der Waals surface area contributed by atoms with E-state index < -0.39 is 17.7 Å². The average Bonchev–Trinajstić information content (AvgIpc) is 3.09. The Balaban J connectivity index is 2.01. The fourth-order valence-electron chi connectivity index (χ4n) is 3.69. The van der Waals surface area contributed by atoms with Crippen LogP contribution in [0.25, 0.3) is 5.76 Å². The molecule has 1 unspecified atom stereocenters. The van der Waals surface area contributed by atoms with Crippen LogP contribution in [0.2, 0.25) is 0 Å². The van der Waals surface area contributed by atoms with E-state index in [-0.39, 0.29) is 11.3 Å². The molecule has 1 amide bonds. The van der Waals surface area contributed by atoms with Gasteiger partial charge in [-0.15, -0.1) is 0 Å². The van der Waals surface area contributed by atoms with Gasteiger partial charge in [-0.25, -0.2) is 0 Å². The summed E-state index contributed by atoms with van der Waals surface area (Å²) in [5, 5.41) is 11.1. The van der Waals surface area contributed by atoms with Crippen LogP contribution in [0.5, 0.6) is 11.5 Å². The van der Waals surface area contributed by atoms with E-state index >= 15 is 0 Å². The maximum absolute atomic E-state index is 13.1. The predicted octanol–water partition coefficient (Wildman–Crippen LogP) is 3.73. The van der Waals surface area contributed by atoms with Gasteiger partial charge in [0.05, 0.1) is 37.7 Å². The van der Waals surface area contributed by atoms with Gasteiger partial charge in [0.25, 0.3) is 11.7 Å². The molecule has 1 aromatic heterocycles. The molecule has 0 saturated carbocycles. The van der Waals surface area contributed by atoms with Crippen molar-refractivity contribution in [2.24, 2.45) is 0 Å². The van der Waals surface area contributed by atoms with Gasteiger partial charge in [0.15, 0.2) is 0 Å². The fourth-order valence-corrected chi connectivity index (χ4v) is 3.69. The summed E-state index contributed by atoms with van der Waals surface area (Å²) in [4.78, 5) is 31.7. The van der Waals surface area contributed by atoms with Gasteiger partial charge in [0.2, 0.25) is 0 Å². The molecule has 0 aliphatic carbocycles. The number of pyridine rings is 1. The van der Waals surface area contributed by atoms with Crippen LogP contribution >= 0.6 is 0 Å². The Bertz CT molecular complexity index is 1160. The molecule has 1 atom stereocenters. The molecule has 1 fully saturated rings. The number of ketones is 1. The zero-order valence-electron chi connectivity index (χ0n) is 17.0. The summed E-state index contributed by atoms with van der Waals surface area (Å²) in [6.07, 6.45) is 3.07. The van der Waals surface area contributed by atoms with Gasteiger partial charge in [-0.1, -0.05) is 30.3 Å². The first-order valence-electron chi connectivity index (χ1n) is 9.55. The molecule has 0 bridgehead atoms. The third kappa shape index (κ3) is 3.50. The molecule has 7 heteroatoms. The van der Waals surface area contributed by atoms with E-state index in [9.17, 15) is 14.7 Å². The van der Waals surface area contributed by atoms with Crippen molar-refractivity contribution >= 4 is 23.1 Å². The SMILES string of the molecule is COc1ccc(OC)c(C2C(=C(O)c3ccccc3)C(=O)C(=O)N2c2cccnc2)c1. The summed E-state index contributed by atoms with van der Waals surface area (Å²) < 4.78 is 10.9. The van der Waals surface area contributed by atoms with Crippen LogP contribution < -0.4 is 14.4 Å². The number of Topliss-reactive ketones (excluding diaryl/α,β-unsaturated/α-hetero) is 1. The number of hydrogen-bond acceptors (Lipinski definition) is 6. The molecule has 7 nitrogen and oxygen atoms in total. The van der Waals surface area contributed by atoms with Crippen molar-refractivity contribution in [3.05, 3.63) is 89.8 Å². The fraction of sp³-hybridized carbons (Fsp3) is 0.125. The molecule has 1 aliphatic rings. The van der Waals surface area contributed by atoms with Crippen LogP contribution in [0.4, 0.5) is 5.69 Å². The molecule has 2 heterocycles. The van der Waals surface area contributed by atoms with E-state index in [0.717, 1.165) is 0 Å². The van der Waals surface area contributed by atoms with Crippen LogP contribution in [0.1, 0.15) is 17.2 Å². The molecule has 31 heavy (non-hydrogen) atoms. The van der Waals surface area contributed by atoms with Crippen LogP contribution in [0.15, 0.2) is 78.6 Å². The van der Waals surface area contributed by atoms with Crippen LogP contribution in [0.3, 0.4) is 0 Å². The van der Waals surface area contributed by atoms with E-state index in [4.69, 9.17) is 9.47 Å². The highest BCUT2D eigenvalue weighted by atomic mass is 16.5. The largest absolute Gasteiger partial charge is 0.507 e. The monoisotopic (exact) mass is 416 g/mol. The van der Waals surface area contributed by atoms with Crippen LogP contribution in [-0.2, 0) is 9.59 Å². The lowest BCUT2D eigenvalue weighted by molar-refractivity contribution is -0.132. The summed E-state index contributed by atoms with van der Waals surface area (Å²) in [7, 11) is 3.02. The normalized spacial score (nSPS) is 17.6. The third-order valence-corrected chi connectivity index (χ3v) is 5.15. The zero-order valence-corrected chi connectivity index (χ0v) is 17.0. The maximum atomic E-state index is 13.1. The number of hydrogen-bond donors (Lipinski definition) is 1. The smallest absolute Gasteiger partial charge is 0.300 e. The Hall–Kier alpha value is -4.13. The van der Waals surface area contributed by atoms with Gasteiger partial charge >= 0.3 is 0 Å². The molecule has 4 rings (SSSR count). The Labute approximate surface area is 179 Å². The highest BCUT2D eigenvalue weighted by molar-refractivity contribution is 6.51. The van der Waals surface area contributed by atoms with Gasteiger partial charge in [-0.3, -0.25) is 19.5 Å². The first kappa shape index (κ1) is 20.2. The van der Waals surface area contributed by atoms with Gasteiger partial charge in [-0.05, 0) is 30.3 Å². The van der Waals surface area contributed by atoms with Crippen LogP contribution in [0, 0.1) is 0 Å². The van der Waals surface area contributed by atoms with Crippen LogP contribution in [-0.4, -0.2) is 36.0 Å². The number of carbonyl (C=O) groups excluding carboxylic acids is 2. The van der Waals surface area contributed by atoms with E-state index in [2.05, 4.69) is 4.98 Å². The molecule has 1 N–H and O–H groups in total. The summed E-state index contributed by atoms with van der Waals surface area (Å²) in [5.74, 6) is -0.853. The molecular formula is C24H20N2O5. The number of carbonyl (C=O) groups is 2. The highest BCUT2D eigenvalue weighted by Gasteiger charge is 2.48. The molecule has 3 aromatic rings. The number of methoxy groups -OCH3 is 2. The van der Waals surface area contributed by atoms with Crippen molar-refractivity contribution < 1.29 is 24.2 Å². The topological polar surface area (TPSA) is 89.0 Å². The number of ether oxygens (including phenoxy) is 2. The molecule has 0 spiro atoms. The van der Waals surface area contributed by atoms with Crippen molar-refractivity contribution in [3.63, 3.8) is 0 Å². The Kier molecular flexibility index (Phi) is 5.41. The quantitative estimate of drug-likeness (QED) is 0.387. The second-order valence-electron chi connectivity index (χ2n) is 6.85. The van der Waals surface area contributed by atoms with E-state index in [1.807, 2.05) is 0 Å². The van der Waals surface area contributed by atoms with Gasteiger partial charge in [-0.2, -0.15) is 0 Å². The van der Waals surface area contributed by atoms with Crippen molar-refractivity contribution in [3.8, 4) is 11.5 Å². The summed E-state index contributed by atoms with van der Waals surface area (Å²) in [6.45, 7) is 0. The molecule has 2 aromatic carbocycles. The number of rotatable bonds is 5. The second-order valence-corrected chi connectivity index (χ2v) is 6.85. The minimum atomic E-state index is -0.936. The zero-order chi connectivity index (χ0) is 22.0. The Morgan fingerprint density at radius 3 is 2.42 bits per heavy atom. The number of benzene rings is 2. The number of nitrogens with zero attached hydrogens (tertiary/aromatic N) is 2. The minimum Gasteiger partial charge on any atom is -0.507 e. The lowest BCUT2D eigenvalue weighted by Gasteiger charge is -2.26. The first-order chi connectivity index (χ1) is 15.1. The lowest BCUT2D eigenvalue weighted by atomic mass is 9.94. The van der Waals surface area contributed by atoms with Crippen molar-refractivity contribution in [1.29, 1.82) is 0 Å². The number of aromatic nitrogens is 1. The number of aliphatic hydroxyl groups excluding tert-OH is 1. The number of amides is 1. The van der Waals surface area contributed by atoms with E-state index in [1.165, 1.54) is 25.3 Å². The van der Waals surface area contributed by atoms with Crippen molar-refractivity contribution in [2.45, 2.75) is 6.04 Å². The summed E-state index contributed by atoms with van der Waals surface area (Å²) >= 11 is 0. The van der Waals surface area contributed by atoms with Gasteiger partial charge in [0, 0.05) is 17.3 Å². The molecule has 156 valence electrons. The number of aliphatic hydroxyl groups is 1. The Morgan fingerprint density at radius 1 is 1.00 bits per heavy atom. The molecular weight excluding hydrogens is 396 g/mol. The predicted molar refractivity (Wildman–Crippen MR) is 115 cm³/mol. The molecule has 1 aliphatic heterocycles. The van der Waals surface area contributed by atoms with E-state index in [1.54, 1.807) is 66.9 Å². The molecule has 1 saturated heterocycles. The standard InChI is InChI=1S/C24H20N2O5/c1-30-17-10-11-19(31-2)18(13-17)21-20(22(27)15-7-4-3-5-8-15)23(28)24(29)26(21)16-9-6-12-25-14-16/h3-14,21,27H,1-2H3. The van der Waals surface area contributed by atoms with Crippen molar-refractivity contribution in [2.75, 3.05) is 19.1 Å². The summed E-state index contributed by atoms with van der Waals surface area (Å²) in [6, 6.07) is 16.2. The maximum Gasteiger partial charge on any atom is 0.300 e. The third-order valence-electron chi connectivity index (χ3n) is 5.15. The molecule has 0 radical (unpaired) electrons. The lowest BCUT2D eigenvalue weighted by Crippen LogP contribution is -2.29. The number of anilines is 1. The van der Waals surface area contributed by atoms with Gasteiger partial charge < -0.3 is 14.6 Å². The second kappa shape index (κ2) is 8.31. The Morgan fingerprint density at radius 2 is 1.77 bits per heavy atom. The first-order valence-corrected chi connectivity index (χ1v) is 9.55. The van der Waals surface area contributed by atoms with E-state index in [0.29, 0.717) is 28.3 Å².